The second-order valence-corrected chi connectivity index (χ2v) is 7.46. The molecule has 29 heavy (non-hydrogen) atoms. The fraction of sp³-hybridized carbons (Fsp3) is 0.286. The zero-order valence-electron chi connectivity index (χ0n) is 16.5. The van der Waals surface area contributed by atoms with Gasteiger partial charge in [0.15, 0.2) is 0 Å². The minimum atomic E-state index is -0.443. The van der Waals surface area contributed by atoms with E-state index < -0.39 is 5.41 Å². The third-order valence-corrected chi connectivity index (χ3v) is 5.07. The number of anilines is 3. The Balaban J connectivity index is 1.74. The molecule has 3 aromatic rings. The van der Waals surface area contributed by atoms with Gasteiger partial charge in [0.05, 0.1) is 23.6 Å². The van der Waals surface area contributed by atoms with Crippen molar-refractivity contribution in [2.45, 2.75) is 26.2 Å². The van der Waals surface area contributed by atoms with Crippen LogP contribution in [-0.4, -0.2) is 38.2 Å². The van der Waals surface area contributed by atoms with Crippen molar-refractivity contribution in [3.05, 3.63) is 53.1 Å². The van der Waals surface area contributed by atoms with Gasteiger partial charge in [-0.05, 0) is 37.6 Å². The fourth-order valence-electron chi connectivity index (χ4n) is 3.54. The first-order valence-electron chi connectivity index (χ1n) is 9.28. The van der Waals surface area contributed by atoms with Crippen LogP contribution in [-0.2, 0) is 5.41 Å². The van der Waals surface area contributed by atoms with Crippen LogP contribution < -0.4 is 10.6 Å². The molecular formula is C21H21N7O. The van der Waals surface area contributed by atoms with Gasteiger partial charge < -0.3 is 15.7 Å². The number of hydrogen-bond acceptors (Lipinski definition) is 8. The summed E-state index contributed by atoms with van der Waals surface area (Å²) in [4.78, 5) is 17.5. The van der Waals surface area contributed by atoms with Gasteiger partial charge in [0, 0.05) is 35.5 Å². The molecule has 0 saturated carbocycles. The van der Waals surface area contributed by atoms with Crippen molar-refractivity contribution in [2.24, 2.45) is 0 Å². The Hall–Kier alpha value is -3.57. The van der Waals surface area contributed by atoms with Crippen molar-refractivity contribution in [1.29, 1.82) is 5.26 Å². The molecule has 0 radical (unpaired) electrons. The van der Waals surface area contributed by atoms with E-state index in [1.54, 1.807) is 18.3 Å². The lowest BCUT2D eigenvalue weighted by molar-refractivity contribution is 0.219. The summed E-state index contributed by atoms with van der Waals surface area (Å²) in [5, 5.41) is 25.9. The molecule has 0 spiro atoms. The van der Waals surface area contributed by atoms with Crippen LogP contribution in [0.15, 0.2) is 30.5 Å². The highest BCUT2D eigenvalue weighted by molar-refractivity contribution is 5.76. The summed E-state index contributed by atoms with van der Waals surface area (Å²) in [6.45, 7) is 6.28. The lowest BCUT2D eigenvalue weighted by atomic mass is 9.83. The van der Waals surface area contributed by atoms with E-state index in [0.717, 1.165) is 22.5 Å². The smallest absolute Gasteiger partial charge is 0.228 e. The Morgan fingerprint density at radius 3 is 2.79 bits per heavy atom. The second kappa shape index (κ2) is 7.11. The molecule has 146 valence electrons. The van der Waals surface area contributed by atoms with Crippen molar-refractivity contribution in [1.82, 2.24) is 19.9 Å². The zero-order chi connectivity index (χ0) is 20.6. The van der Waals surface area contributed by atoms with E-state index in [4.69, 9.17) is 0 Å². The van der Waals surface area contributed by atoms with Crippen molar-refractivity contribution >= 4 is 17.5 Å². The summed E-state index contributed by atoms with van der Waals surface area (Å²) < 4.78 is 0. The van der Waals surface area contributed by atoms with Crippen LogP contribution in [0.1, 0.15) is 29.6 Å². The van der Waals surface area contributed by atoms with Gasteiger partial charge in [0.25, 0.3) is 0 Å². The topological polar surface area (TPSA) is 120 Å². The molecule has 0 fully saturated rings. The molecule has 1 atom stereocenters. The van der Waals surface area contributed by atoms with E-state index in [-0.39, 0.29) is 6.61 Å². The number of benzene rings is 1. The summed E-state index contributed by atoms with van der Waals surface area (Å²) >= 11 is 0. The Morgan fingerprint density at radius 2 is 2.07 bits per heavy atom. The quantitative estimate of drug-likeness (QED) is 0.625. The van der Waals surface area contributed by atoms with Gasteiger partial charge in [-0.25, -0.2) is 19.9 Å². The molecule has 1 aliphatic rings. The normalized spacial score (nSPS) is 17.3. The Labute approximate surface area is 168 Å². The van der Waals surface area contributed by atoms with E-state index in [1.165, 1.54) is 0 Å². The molecule has 4 rings (SSSR count). The lowest BCUT2D eigenvalue weighted by Gasteiger charge is -2.21. The van der Waals surface area contributed by atoms with Crippen LogP contribution in [0.4, 0.5) is 17.5 Å². The number of nitrogens with zero attached hydrogens (tertiary/aromatic N) is 5. The number of nitriles is 1. The Bertz CT molecular complexity index is 1120. The number of aliphatic hydroxyl groups excluding tert-OH is 1. The van der Waals surface area contributed by atoms with Gasteiger partial charge in [-0.3, -0.25) is 0 Å². The number of fused-ring (bicyclic) bond motifs is 1. The van der Waals surface area contributed by atoms with Crippen molar-refractivity contribution < 1.29 is 5.11 Å². The maximum Gasteiger partial charge on any atom is 0.228 e. The van der Waals surface area contributed by atoms with Gasteiger partial charge >= 0.3 is 0 Å². The highest BCUT2D eigenvalue weighted by Gasteiger charge is 2.35. The lowest BCUT2D eigenvalue weighted by Crippen LogP contribution is -2.28. The molecule has 1 aromatic carbocycles. The number of aryl methyl sites for hydroxylation is 2. The molecule has 0 saturated heterocycles. The van der Waals surface area contributed by atoms with Crippen LogP contribution >= 0.6 is 0 Å². The van der Waals surface area contributed by atoms with E-state index in [0.29, 0.717) is 35.4 Å². The second-order valence-electron chi connectivity index (χ2n) is 7.46. The molecule has 3 N–H and O–H groups in total. The van der Waals surface area contributed by atoms with Crippen molar-refractivity contribution in [3.8, 4) is 17.3 Å². The summed E-state index contributed by atoms with van der Waals surface area (Å²) in [5.41, 5.74) is 4.12. The number of aliphatic hydroxyl groups is 1. The van der Waals surface area contributed by atoms with E-state index in [2.05, 4.69) is 36.6 Å². The predicted molar refractivity (Wildman–Crippen MR) is 110 cm³/mol. The first-order valence-corrected chi connectivity index (χ1v) is 9.28. The van der Waals surface area contributed by atoms with Crippen LogP contribution in [0.25, 0.3) is 11.3 Å². The maximum absolute atomic E-state index is 9.88. The van der Waals surface area contributed by atoms with E-state index in [1.807, 2.05) is 32.9 Å². The Morgan fingerprint density at radius 1 is 1.24 bits per heavy atom. The summed E-state index contributed by atoms with van der Waals surface area (Å²) in [6, 6.07) is 9.65. The highest BCUT2D eigenvalue weighted by Crippen LogP contribution is 2.41. The summed E-state index contributed by atoms with van der Waals surface area (Å²) in [5.74, 6) is 1.69. The van der Waals surface area contributed by atoms with E-state index in [9.17, 15) is 10.4 Å². The SMILES string of the molecule is Cc1cc(Nc2nccc(-c3cc(C#N)c4c(c3)C(C)(CO)CN4)n2)nc(C)n1. The number of nitrogens with one attached hydrogen (secondary N) is 2. The summed E-state index contributed by atoms with van der Waals surface area (Å²) in [7, 11) is 0. The van der Waals surface area contributed by atoms with Gasteiger partial charge in [-0.2, -0.15) is 5.26 Å². The minimum absolute atomic E-state index is 0.00961. The number of hydrogen-bond donors (Lipinski definition) is 3. The van der Waals surface area contributed by atoms with Crippen LogP contribution in [0.5, 0.6) is 0 Å². The molecule has 0 bridgehead atoms. The molecule has 1 unspecified atom stereocenters. The first kappa shape index (κ1) is 18.8. The zero-order valence-corrected chi connectivity index (χ0v) is 16.5. The molecule has 3 heterocycles. The maximum atomic E-state index is 9.88. The standard InChI is InChI=1S/C21H21N7O/c1-12-6-18(26-13(2)25-12)28-20-23-5-4-17(27-20)14-7-15(9-22)19-16(8-14)21(3,11-29)10-24-19/h4-8,24,29H,10-11H2,1-3H3,(H,23,25,26,27,28). The van der Waals surface area contributed by atoms with Gasteiger partial charge in [-0.15, -0.1) is 0 Å². The average molecular weight is 387 g/mol. The average Bonchev–Trinajstić information content (AvgIpc) is 3.04. The van der Waals surface area contributed by atoms with Gasteiger partial charge in [0.1, 0.15) is 17.7 Å². The molecular weight excluding hydrogens is 366 g/mol. The third-order valence-electron chi connectivity index (χ3n) is 5.07. The molecule has 0 amide bonds. The van der Waals surface area contributed by atoms with Gasteiger partial charge in [0.2, 0.25) is 5.95 Å². The van der Waals surface area contributed by atoms with Crippen LogP contribution in [0, 0.1) is 25.2 Å². The Kier molecular flexibility index (Phi) is 4.60. The molecule has 1 aliphatic heterocycles. The minimum Gasteiger partial charge on any atom is -0.395 e. The summed E-state index contributed by atoms with van der Waals surface area (Å²) in [6.07, 6.45) is 1.66. The predicted octanol–water partition coefficient (Wildman–Crippen LogP) is 2.84. The van der Waals surface area contributed by atoms with Crippen molar-refractivity contribution in [3.63, 3.8) is 0 Å². The van der Waals surface area contributed by atoms with Crippen LogP contribution in [0.2, 0.25) is 0 Å². The number of rotatable bonds is 4. The largest absolute Gasteiger partial charge is 0.395 e. The molecule has 0 aliphatic carbocycles. The van der Waals surface area contributed by atoms with Crippen LogP contribution in [0.3, 0.4) is 0 Å². The highest BCUT2D eigenvalue weighted by atomic mass is 16.3. The van der Waals surface area contributed by atoms with Crippen molar-refractivity contribution in [2.75, 3.05) is 23.8 Å². The fourth-order valence-corrected chi connectivity index (χ4v) is 3.54. The first-order chi connectivity index (χ1) is 13.9. The van der Waals surface area contributed by atoms with Gasteiger partial charge in [-0.1, -0.05) is 6.92 Å². The van der Waals surface area contributed by atoms with E-state index >= 15 is 0 Å². The molecule has 2 aromatic heterocycles. The molecule has 8 nitrogen and oxygen atoms in total. The number of aromatic nitrogens is 4. The monoisotopic (exact) mass is 387 g/mol. The third kappa shape index (κ3) is 3.48. The molecule has 8 heteroatoms.